The fourth-order valence-corrected chi connectivity index (χ4v) is 6.02. The first-order chi connectivity index (χ1) is 18.1. The molecule has 0 amide bonds. The van der Waals surface area contributed by atoms with Crippen LogP contribution in [-0.4, -0.2) is 9.55 Å². The molecule has 0 bridgehead atoms. The summed E-state index contributed by atoms with van der Waals surface area (Å²) < 4.78 is 2.53. The third kappa shape index (κ3) is 17.4. The van der Waals surface area contributed by atoms with Crippen LogP contribution in [0.15, 0.2) is 12.4 Å². The minimum absolute atomic E-state index is 0.578. The summed E-state index contributed by atoms with van der Waals surface area (Å²) in [6, 6.07) is 0.578. The molecular weight excluding hydrogens is 448 g/mol. The van der Waals surface area contributed by atoms with Crippen molar-refractivity contribution in [3.63, 3.8) is 0 Å². The van der Waals surface area contributed by atoms with Gasteiger partial charge in [0.15, 0.2) is 0 Å². The van der Waals surface area contributed by atoms with Crippen molar-refractivity contribution < 1.29 is 0 Å². The van der Waals surface area contributed by atoms with E-state index in [0.717, 1.165) is 0 Å². The number of aromatic nitrogens is 2. The van der Waals surface area contributed by atoms with E-state index in [0.29, 0.717) is 17.9 Å². The van der Waals surface area contributed by atoms with Crippen LogP contribution in [0.25, 0.3) is 0 Å². The van der Waals surface area contributed by atoms with Crippen LogP contribution in [-0.2, 0) is 0 Å². The topological polar surface area (TPSA) is 17.8 Å². The second-order valence-electron chi connectivity index (χ2n) is 12.5. The molecular formula is C35H68N2. The second-order valence-corrected chi connectivity index (χ2v) is 12.5. The molecule has 0 spiro atoms. The number of hydrogen-bond donors (Lipinski definition) is 0. The van der Waals surface area contributed by atoms with E-state index in [-0.39, 0.29) is 0 Å². The van der Waals surface area contributed by atoms with E-state index >= 15 is 0 Å². The van der Waals surface area contributed by atoms with E-state index in [1.165, 1.54) is 160 Å². The molecule has 1 heterocycles. The van der Waals surface area contributed by atoms with E-state index in [1.807, 2.05) is 0 Å². The Balaban J connectivity index is 2.21. The zero-order valence-corrected chi connectivity index (χ0v) is 26.3. The van der Waals surface area contributed by atoms with Gasteiger partial charge >= 0.3 is 0 Å². The van der Waals surface area contributed by atoms with Gasteiger partial charge in [-0.25, -0.2) is 4.98 Å². The molecule has 2 atom stereocenters. The molecule has 2 nitrogen and oxygen atoms in total. The van der Waals surface area contributed by atoms with Crippen molar-refractivity contribution in [1.82, 2.24) is 9.55 Å². The number of rotatable bonds is 27. The van der Waals surface area contributed by atoms with Gasteiger partial charge in [0.2, 0.25) is 0 Å². The highest BCUT2D eigenvalue weighted by molar-refractivity contribution is 5.03. The van der Waals surface area contributed by atoms with Gasteiger partial charge in [-0.15, -0.1) is 0 Å². The summed E-state index contributed by atoms with van der Waals surface area (Å²) in [5, 5.41) is 0. The molecule has 218 valence electrons. The molecule has 1 aromatic rings. The highest BCUT2D eigenvalue weighted by Gasteiger charge is 2.22. The summed E-state index contributed by atoms with van der Waals surface area (Å²) in [6.07, 6.45) is 38.2. The van der Waals surface area contributed by atoms with Crippen molar-refractivity contribution in [3.8, 4) is 0 Å². The lowest BCUT2D eigenvalue weighted by molar-refractivity contribution is 0.382. The van der Waals surface area contributed by atoms with Gasteiger partial charge in [-0.2, -0.15) is 0 Å². The summed E-state index contributed by atoms with van der Waals surface area (Å²) in [6.45, 7) is 11.8. The Kier molecular flexibility index (Phi) is 22.5. The van der Waals surface area contributed by atoms with Gasteiger partial charge in [-0.3, -0.25) is 0 Å². The maximum atomic E-state index is 4.90. The van der Waals surface area contributed by atoms with Gasteiger partial charge in [0.1, 0.15) is 5.82 Å². The summed E-state index contributed by atoms with van der Waals surface area (Å²) in [5.41, 5.74) is 0. The van der Waals surface area contributed by atoms with E-state index in [9.17, 15) is 0 Å². The Bertz CT molecular complexity index is 590. The lowest BCUT2D eigenvalue weighted by Crippen LogP contribution is -2.16. The first-order valence-electron chi connectivity index (χ1n) is 17.1. The lowest BCUT2D eigenvalue weighted by atomic mass is 9.89. The van der Waals surface area contributed by atoms with Crippen LogP contribution < -0.4 is 0 Å². The summed E-state index contributed by atoms with van der Waals surface area (Å²) in [5.74, 6) is 2.63. The molecule has 0 radical (unpaired) electrons. The molecule has 0 fully saturated rings. The summed E-state index contributed by atoms with van der Waals surface area (Å²) in [7, 11) is 0. The van der Waals surface area contributed by atoms with Crippen LogP contribution in [0.5, 0.6) is 0 Å². The molecule has 0 aliphatic heterocycles. The Morgan fingerprint density at radius 2 is 0.919 bits per heavy atom. The van der Waals surface area contributed by atoms with Crippen molar-refractivity contribution in [2.75, 3.05) is 0 Å². The van der Waals surface area contributed by atoms with Crippen LogP contribution in [0.4, 0.5) is 0 Å². The zero-order chi connectivity index (χ0) is 27.0. The zero-order valence-electron chi connectivity index (χ0n) is 26.3. The van der Waals surface area contributed by atoms with Gasteiger partial charge in [-0.05, 0) is 25.7 Å². The SMILES string of the molecule is CCCCCCCCCCCCCCC(C)n1ccnc1C(CCCCCCCCCCCC)C(C)C. The standard InChI is InChI=1S/C35H68N2/c1-6-8-10-12-14-16-18-19-20-22-24-26-28-33(5)37-31-30-36-35(37)34(32(3)4)29-27-25-23-21-17-15-13-11-9-7-2/h30-34H,6-29H2,1-5H3. The van der Waals surface area contributed by atoms with Crippen LogP contribution >= 0.6 is 0 Å². The van der Waals surface area contributed by atoms with Crippen molar-refractivity contribution in [1.29, 1.82) is 0 Å². The Labute approximate surface area is 234 Å². The predicted octanol–water partition coefficient (Wildman–Crippen LogP) is 12.6. The maximum absolute atomic E-state index is 4.90. The molecule has 1 rings (SSSR count). The van der Waals surface area contributed by atoms with Gasteiger partial charge in [0, 0.05) is 24.4 Å². The number of hydrogen-bond acceptors (Lipinski definition) is 1. The molecule has 2 unspecified atom stereocenters. The average molecular weight is 517 g/mol. The lowest BCUT2D eigenvalue weighted by Gasteiger charge is -2.25. The minimum atomic E-state index is 0.578. The number of imidazole rings is 1. The van der Waals surface area contributed by atoms with Gasteiger partial charge < -0.3 is 4.57 Å². The fraction of sp³-hybridized carbons (Fsp3) is 0.914. The van der Waals surface area contributed by atoms with Crippen LogP contribution in [0.1, 0.15) is 207 Å². The molecule has 1 aromatic heterocycles. The second kappa shape index (κ2) is 24.3. The third-order valence-electron chi connectivity index (χ3n) is 8.65. The average Bonchev–Trinajstić information content (AvgIpc) is 3.37. The largest absolute Gasteiger partial charge is 0.332 e. The van der Waals surface area contributed by atoms with Crippen molar-refractivity contribution in [3.05, 3.63) is 18.2 Å². The first-order valence-corrected chi connectivity index (χ1v) is 17.1. The van der Waals surface area contributed by atoms with Crippen molar-refractivity contribution >= 4 is 0 Å². The molecule has 0 saturated heterocycles. The van der Waals surface area contributed by atoms with Crippen molar-refractivity contribution in [2.24, 2.45) is 5.92 Å². The Morgan fingerprint density at radius 3 is 1.32 bits per heavy atom. The molecule has 37 heavy (non-hydrogen) atoms. The monoisotopic (exact) mass is 517 g/mol. The van der Waals surface area contributed by atoms with E-state index in [1.54, 1.807) is 0 Å². The number of nitrogens with zero attached hydrogens (tertiary/aromatic N) is 2. The highest BCUT2D eigenvalue weighted by Crippen LogP contribution is 2.31. The highest BCUT2D eigenvalue weighted by atomic mass is 15.1. The Morgan fingerprint density at radius 1 is 0.541 bits per heavy atom. The van der Waals surface area contributed by atoms with E-state index < -0.39 is 0 Å². The molecule has 0 saturated carbocycles. The minimum Gasteiger partial charge on any atom is -0.332 e. The third-order valence-corrected chi connectivity index (χ3v) is 8.65. The van der Waals surface area contributed by atoms with Crippen LogP contribution in [0, 0.1) is 5.92 Å². The molecule has 2 heteroatoms. The Hall–Kier alpha value is -0.790. The van der Waals surface area contributed by atoms with Gasteiger partial charge in [0.05, 0.1) is 0 Å². The van der Waals surface area contributed by atoms with E-state index in [4.69, 9.17) is 4.98 Å². The quantitative estimate of drug-likeness (QED) is 0.106. The van der Waals surface area contributed by atoms with E-state index in [2.05, 4.69) is 51.6 Å². The summed E-state index contributed by atoms with van der Waals surface area (Å²) >= 11 is 0. The first kappa shape index (κ1) is 34.2. The smallest absolute Gasteiger partial charge is 0.112 e. The molecule has 0 aromatic carbocycles. The van der Waals surface area contributed by atoms with Crippen molar-refractivity contribution in [2.45, 2.75) is 201 Å². The number of unbranched alkanes of at least 4 members (excludes halogenated alkanes) is 20. The molecule has 0 aliphatic carbocycles. The molecule has 0 N–H and O–H groups in total. The molecule has 0 aliphatic rings. The van der Waals surface area contributed by atoms with Gasteiger partial charge in [0.25, 0.3) is 0 Å². The predicted molar refractivity (Wildman–Crippen MR) is 167 cm³/mol. The van der Waals surface area contributed by atoms with Crippen LogP contribution in [0.2, 0.25) is 0 Å². The fourth-order valence-electron chi connectivity index (χ4n) is 6.02. The maximum Gasteiger partial charge on any atom is 0.112 e. The van der Waals surface area contributed by atoms with Gasteiger partial charge in [-0.1, -0.05) is 169 Å². The summed E-state index contributed by atoms with van der Waals surface area (Å²) in [4.78, 5) is 4.90. The van der Waals surface area contributed by atoms with Crippen LogP contribution in [0.3, 0.4) is 0 Å². The normalized spacial score (nSPS) is 13.5.